The zero-order valence-electron chi connectivity index (χ0n) is 18.9. The van der Waals surface area contributed by atoms with Crippen molar-refractivity contribution in [1.29, 1.82) is 0 Å². The van der Waals surface area contributed by atoms with Crippen molar-refractivity contribution in [3.8, 4) is 17.2 Å². The molecular weight excluding hydrogens is 400 g/mol. The molecule has 1 N–H and O–H groups in total. The highest BCUT2D eigenvalue weighted by Crippen LogP contribution is 2.46. The van der Waals surface area contributed by atoms with Gasteiger partial charge in [0.2, 0.25) is 0 Å². The molecule has 1 fully saturated rings. The quantitative estimate of drug-likeness (QED) is 0.510. The van der Waals surface area contributed by atoms with Gasteiger partial charge in [0, 0.05) is 12.1 Å². The highest BCUT2D eigenvalue weighted by atomic mass is 16.5. The zero-order chi connectivity index (χ0) is 22.6. The molecule has 3 aromatic carbocycles. The average Bonchev–Trinajstić information content (AvgIpc) is 3.56. The first-order chi connectivity index (χ1) is 15.4. The van der Waals surface area contributed by atoms with Crippen molar-refractivity contribution in [3.05, 3.63) is 89.5 Å². The first-order valence-electron chi connectivity index (χ1n) is 11.0. The number of nitrogens with one attached hydrogen (secondary N) is 1. The fraction of sp³-hybridized carbons (Fsp3) is 0.296. The summed E-state index contributed by atoms with van der Waals surface area (Å²) in [4.78, 5) is 15.3. The molecule has 1 amide bonds. The first-order valence-corrected chi connectivity index (χ1v) is 11.0. The van der Waals surface area contributed by atoms with Gasteiger partial charge < -0.3 is 19.7 Å². The third-order valence-corrected chi connectivity index (χ3v) is 5.73. The Kier molecular flexibility index (Phi) is 6.47. The van der Waals surface area contributed by atoms with Crippen molar-refractivity contribution in [3.63, 3.8) is 0 Å². The van der Waals surface area contributed by atoms with Crippen LogP contribution in [0.5, 0.6) is 17.2 Å². The maximum Gasteiger partial charge on any atom is 0.252 e. The Hall–Kier alpha value is -3.31. The number of aryl methyl sites for hydroxylation is 1. The van der Waals surface area contributed by atoms with Gasteiger partial charge in [0.05, 0.1) is 5.54 Å². The Morgan fingerprint density at radius 2 is 1.69 bits per heavy atom. The monoisotopic (exact) mass is 430 g/mol. The van der Waals surface area contributed by atoms with Gasteiger partial charge in [-0.2, -0.15) is 0 Å². The minimum Gasteiger partial charge on any atom is -0.492 e. The smallest absolute Gasteiger partial charge is 0.252 e. The molecule has 166 valence electrons. The Labute approximate surface area is 190 Å². The molecule has 32 heavy (non-hydrogen) atoms. The highest BCUT2D eigenvalue weighted by molar-refractivity contribution is 5.96. The topological polar surface area (TPSA) is 50.8 Å². The lowest BCUT2D eigenvalue weighted by Crippen LogP contribution is -2.35. The van der Waals surface area contributed by atoms with Crippen LogP contribution in [0, 0.1) is 6.92 Å². The van der Waals surface area contributed by atoms with Crippen LogP contribution in [-0.2, 0) is 5.54 Å². The molecule has 0 spiro atoms. The summed E-state index contributed by atoms with van der Waals surface area (Å²) in [6.45, 7) is 3.35. The van der Waals surface area contributed by atoms with Gasteiger partial charge in [-0.15, -0.1) is 0 Å². The lowest BCUT2D eigenvalue weighted by molar-refractivity contribution is 0.0929. The molecule has 0 aliphatic heterocycles. The average molecular weight is 431 g/mol. The summed E-state index contributed by atoms with van der Waals surface area (Å²) in [5.74, 6) is 2.19. The predicted octanol–water partition coefficient (Wildman–Crippen LogP) is 5.15. The number of amides is 1. The van der Waals surface area contributed by atoms with Crippen molar-refractivity contribution < 1.29 is 14.3 Å². The number of para-hydroxylation sites is 1. The number of carbonyl (C=O) groups excluding carboxylic acids is 1. The molecule has 4 rings (SSSR count). The summed E-state index contributed by atoms with van der Waals surface area (Å²) in [7, 11) is 4.01. The van der Waals surface area contributed by atoms with Crippen LogP contribution in [0.4, 0.5) is 0 Å². The van der Waals surface area contributed by atoms with Crippen LogP contribution in [0.25, 0.3) is 0 Å². The number of carbonyl (C=O) groups is 1. The molecule has 0 radical (unpaired) electrons. The number of likely N-dealkylation sites (N-methyl/N-ethyl adjacent to an activating group) is 1. The molecule has 3 aromatic rings. The SMILES string of the molecule is Cc1ccc(OCCN(C)C)cc1C(=O)NC1(c2cccc(Oc3ccccc3)c2)CC1. The van der Waals surface area contributed by atoms with E-state index in [1.165, 1.54) is 0 Å². The molecule has 1 aliphatic rings. The summed E-state index contributed by atoms with van der Waals surface area (Å²) in [5, 5.41) is 3.28. The van der Waals surface area contributed by atoms with Crippen LogP contribution in [0.1, 0.15) is 34.3 Å². The standard InChI is InChI=1S/C27H30N2O3/c1-20-12-13-23(31-17-16-29(2)3)19-25(20)26(30)28-27(14-15-27)21-8-7-11-24(18-21)32-22-9-5-4-6-10-22/h4-13,18-19H,14-17H2,1-3H3,(H,28,30). The number of ether oxygens (including phenoxy) is 2. The van der Waals surface area contributed by atoms with E-state index in [2.05, 4.69) is 16.3 Å². The van der Waals surface area contributed by atoms with Gasteiger partial charge in [0.25, 0.3) is 5.91 Å². The Morgan fingerprint density at radius 3 is 2.41 bits per heavy atom. The molecule has 0 atom stereocenters. The van der Waals surface area contributed by atoms with Gasteiger partial charge in [-0.05, 0) is 81.4 Å². The fourth-order valence-electron chi connectivity index (χ4n) is 3.66. The van der Waals surface area contributed by atoms with Gasteiger partial charge in [-0.3, -0.25) is 4.79 Å². The van der Waals surface area contributed by atoms with Crippen molar-refractivity contribution in [2.45, 2.75) is 25.3 Å². The minimum absolute atomic E-state index is 0.0764. The largest absolute Gasteiger partial charge is 0.492 e. The van der Waals surface area contributed by atoms with Crippen LogP contribution in [0.15, 0.2) is 72.8 Å². The lowest BCUT2D eigenvalue weighted by Gasteiger charge is -2.20. The molecule has 0 bridgehead atoms. The van der Waals surface area contributed by atoms with Gasteiger partial charge in [-0.1, -0.05) is 36.4 Å². The normalized spacial score (nSPS) is 14.1. The van der Waals surface area contributed by atoms with Crippen LogP contribution < -0.4 is 14.8 Å². The Bertz CT molecular complexity index is 1080. The molecule has 1 saturated carbocycles. The van der Waals surface area contributed by atoms with E-state index >= 15 is 0 Å². The van der Waals surface area contributed by atoms with E-state index in [-0.39, 0.29) is 11.4 Å². The summed E-state index contributed by atoms with van der Waals surface area (Å²) in [5.41, 5.74) is 2.30. The number of rotatable bonds is 9. The predicted molar refractivity (Wildman–Crippen MR) is 127 cm³/mol. The van der Waals surface area contributed by atoms with Gasteiger partial charge in [-0.25, -0.2) is 0 Å². The third kappa shape index (κ3) is 5.29. The van der Waals surface area contributed by atoms with E-state index in [1.807, 2.05) is 87.7 Å². The van der Waals surface area contributed by atoms with Crippen LogP contribution in [0.3, 0.4) is 0 Å². The van der Waals surface area contributed by atoms with E-state index in [0.29, 0.717) is 17.9 Å². The summed E-state index contributed by atoms with van der Waals surface area (Å²) >= 11 is 0. The number of hydrogen-bond donors (Lipinski definition) is 1. The summed E-state index contributed by atoms with van der Waals surface area (Å²) in [6, 6.07) is 23.4. The van der Waals surface area contributed by atoms with Crippen molar-refractivity contribution in [2.75, 3.05) is 27.2 Å². The molecule has 5 nitrogen and oxygen atoms in total. The first kappa shape index (κ1) is 21.9. The maximum atomic E-state index is 13.2. The van der Waals surface area contributed by atoms with Crippen molar-refractivity contribution in [1.82, 2.24) is 10.2 Å². The fourth-order valence-corrected chi connectivity index (χ4v) is 3.66. The van der Waals surface area contributed by atoms with Crippen molar-refractivity contribution >= 4 is 5.91 Å². The highest BCUT2D eigenvalue weighted by Gasteiger charge is 2.46. The molecule has 0 heterocycles. The van der Waals surface area contributed by atoms with Gasteiger partial charge >= 0.3 is 0 Å². The summed E-state index contributed by atoms with van der Waals surface area (Å²) in [6.07, 6.45) is 1.82. The van der Waals surface area contributed by atoms with Gasteiger partial charge in [0.1, 0.15) is 23.9 Å². The maximum absolute atomic E-state index is 13.2. The van der Waals surface area contributed by atoms with Crippen LogP contribution in [-0.4, -0.2) is 38.1 Å². The Morgan fingerprint density at radius 1 is 0.938 bits per heavy atom. The van der Waals surface area contributed by atoms with E-state index in [9.17, 15) is 4.79 Å². The molecular formula is C27H30N2O3. The Balaban J connectivity index is 1.47. The molecule has 0 aromatic heterocycles. The van der Waals surface area contributed by atoms with E-state index in [1.54, 1.807) is 0 Å². The molecule has 1 aliphatic carbocycles. The number of benzene rings is 3. The van der Waals surface area contributed by atoms with Crippen LogP contribution >= 0.6 is 0 Å². The molecule has 0 saturated heterocycles. The molecule has 0 unspecified atom stereocenters. The van der Waals surface area contributed by atoms with Gasteiger partial charge in [0.15, 0.2) is 0 Å². The minimum atomic E-state index is -0.346. The summed E-state index contributed by atoms with van der Waals surface area (Å²) < 4.78 is 11.8. The lowest BCUT2D eigenvalue weighted by atomic mass is 10.0. The second kappa shape index (κ2) is 9.45. The second-order valence-electron chi connectivity index (χ2n) is 8.61. The molecule has 5 heteroatoms. The van der Waals surface area contributed by atoms with E-state index < -0.39 is 0 Å². The third-order valence-electron chi connectivity index (χ3n) is 5.73. The number of hydrogen-bond acceptors (Lipinski definition) is 4. The second-order valence-corrected chi connectivity index (χ2v) is 8.61. The van der Waals surface area contributed by atoms with Crippen molar-refractivity contribution in [2.24, 2.45) is 0 Å². The number of nitrogens with zero attached hydrogens (tertiary/aromatic N) is 1. The van der Waals surface area contributed by atoms with Crippen LogP contribution in [0.2, 0.25) is 0 Å². The van der Waals surface area contributed by atoms with E-state index in [0.717, 1.165) is 42.0 Å². The van der Waals surface area contributed by atoms with E-state index in [4.69, 9.17) is 9.47 Å². The zero-order valence-corrected chi connectivity index (χ0v) is 18.9.